The minimum Gasteiger partial charge on any atom is -0.276 e. The number of hydrogen-bond donors (Lipinski definition) is 0. The summed E-state index contributed by atoms with van der Waals surface area (Å²) >= 11 is 8.34. The number of hydrogen-bond acceptors (Lipinski definition) is 3. The van der Waals surface area contributed by atoms with E-state index in [-0.39, 0.29) is 11.3 Å². The van der Waals surface area contributed by atoms with Crippen LogP contribution in [0, 0.1) is 17.0 Å². The Morgan fingerprint density at radius 1 is 1.57 bits per heavy atom. The Labute approximate surface area is 93.1 Å². The van der Waals surface area contributed by atoms with Gasteiger partial charge in [0.2, 0.25) is 0 Å². The first-order valence-corrected chi connectivity index (χ1v) is 4.75. The lowest BCUT2D eigenvalue weighted by Crippen LogP contribution is -1.97. The first kappa shape index (κ1) is 11.1. The summed E-state index contributed by atoms with van der Waals surface area (Å²) in [5, 5.41) is 9.87. The molecule has 0 fully saturated rings. The van der Waals surface area contributed by atoms with Crippen molar-refractivity contribution < 1.29 is 9.72 Å². The molecule has 1 aromatic carbocycles. The lowest BCUT2D eigenvalue weighted by atomic mass is 10.1. The van der Waals surface area contributed by atoms with Crippen LogP contribution in [0.2, 0.25) is 0 Å². The number of benzene rings is 1. The fourth-order valence-electron chi connectivity index (χ4n) is 0.967. The van der Waals surface area contributed by atoms with E-state index in [1.54, 1.807) is 6.92 Å². The third-order valence-electron chi connectivity index (χ3n) is 1.74. The number of nitro groups is 1. The van der Waals surface area contributed by atoms with Crippen molar-refractivity contribution in [2.45, 2.75) is 6.92 Å². The van der Waals surface area contributed by atoms with Gasteiger partial charge in [0.25, 0.3) is 10.9 Å². The number of carbonyl (C=O) groups excluding carboxylic acids is 1. The van der Waals surface area contributed by atoms with E-state index in [1.807, 2.05) is 0 Å². The van der Waals surface area contributed by atoms with E-state index in [9.17, 15) is 14.9 Å². The quantitative estimate of drug-likeness (QED) is 0.474. The zero-order chi connectivity index (χ0) is 10.9. The molecule has 6 heteroatoms. The number of halogens is 2. The van der Waals surface area contributed by atoms with Gasteiger partial charge >= 0.3 is 0 Å². The Bertz CT molecular complexity index is 419. The van der Waals surface area contributed by atoms with Gasteiger partial charge in [-0.05, 0) is 24.6 Å². The van der Waals surface area contributed by atoms with Crippen molar-refractivity contribution in [3.8, 4) is 0 Å². The highest BCUT2D eigenvalue weighted by molar-refractivity contribution is 9.10. The first-order chi connectivity index (χ1) is 6.43. The second kappa shape index (κ2) is 4.06. The topological polar surface area (TPSA) is 60.2 Å². The molecule has 0 aliphatic heterocycles. The molecule has 0 spiro atoms. The second-order valence-corrected chi connectivity index (χ2v) is 3.83. The Kier molecular flexibility index (Phi) is 3.23. The summed E-state index contributed by atoms with van der Waals surface area (Å²) < 4.78 is 0.496. The third kappa shape index (κ3) is 2.10. The molecule has 0 radical (unpaired) electrons. The van der Waals surface area contributed by atoms with Crippen molar-refractivity contribution in [3.63, 3.8) is 0 Å². The van der Waals surface area contributed by atoms with Gasteiger partial charge in [0.15, 0.2) is 0 Å². The van der Waals surface area contributed by atoms with Crippen LogP contribution in [-0.4, -0.2) is 10.2 Å². The maximum Gasteiger partial charge on any atom is 0.274 e. The summed E-state index contributed by atoms with van der Waals surface area (Å²) in [5.74, 6) is 0. The molecule has 0 amide bonds. The second-order valence-electron chi connectivity index (χ2n) is 2.63. The lowest BCUT2D eigenvalue weighted by molar-refractivity contribution is -0.385. The highest BCUT2D eigenvalue weighted by atomic mass is 79.9. The monoisotopic (exact) mass is 277 g/mol. The van der Waals surface area contributed by atoms with E-state index < -0.39 is 10.2 Å². The number of rotatable bonds is 2. The van der Waals surface area contributed by atoms with Crippen LogP contribution in [-0.2, 0) is 0 Å². The summed E-state index contributed by atoms with van der Waals surface area (Å²) in [4.78, 5) is 20.8. The van der Waals surface area contributed by atoms with Gasteiger partial charge in [0.1, 0.15) is 0 Å². The van der Waals surface area contributed by atoms with Gasteiger partial charge in [-0.2, -0.15) is 0 Å². The fourth-order valence-corrected chi connectivity index (χ4v) is 1.53. The Balaban J connectivity index is 3.43. The average molecular weight is 278 g/mol. The van der Waals surface area contributed by atoms with E-state index in [2.05, 4.69) is 15.9 Å². The highest BCUT2D eigenvalue weighted by Gasteiger charge is 2.16. The highest BCUT2D eigenvalue weighted by Crippen LogP contribution is 2.28. The van der Waals surface area contributed by atoms with Gasteiger partial charge in [-0.3, -0.25) is 14.9 Å². The maximum absolute atomic E-state index is 10.8. The number of nitro benzene ring substituents is 1. The Hall–Kier alpha value is -0.940. The van der Waals surface area contributed by atoms with Crippen LogP contribution in [0.1, 0.15) is 15.9 Å². The summed E-state index contributed by atoms with van der Waals surface area (Å²) in [6, 6.07) is 2.62. The molecule has 74 valence electrons. The first-order valence-electron chi connectivity index (χ1n) is 3.58. The molecule has 0 aliphatic rings. The minimum absolute atomic E-state index is 0.107. The molecule has 0 atom stereocenters. The van der Waals surface area contributed by atoms with Crippen molar-refractivity contribution in [1.82, 2.24) is 0 Å². The molecule has 0 saturated carbocycles. The smallest absolute Gasteiger partial charge is 0.274 e. The number of carbonyl (C=O) groups is 1. The van der Waals surface area contributed by atoms with Gasteiger partial charge in [-0.1, -0.05) is 15.9 Å². The zero-order valence-corrected chi connectivity index (χ0v) is 9.42. The summed E-state index contributed by atoms with van der Waals surface area (Å²) in [5.41, 5.74) is 0.455. The van der Waals surface area contributed by atoms with Gasteiger partial charge in [-0.25, -0.2) is 0 Å². The molecule has 0 saturated heterocycles. The molecule has 0 aliphatic carbocycles. The summed E-state index contributed by atoms with van der Waals surface area (Å²) in [6.07, 6.45) is 0. The van der Waals surface area contributed by atoms with Gasteiger partial charge in [-0.15, -0.1) is 0 Å². The molecule has 0 heterocycles. The van der Waals surface area contributed by atoms with Crippen molar-refractivity contribution in [2.24, 2.45) is 0 Å². The van der Waals surface area contributed by atoms with Crippen LogP contribution < -0.4 is 0 Å². The van der Waals surface area contributed by atoms with Gasteiger partial charge in [0, 0.05) is 21.7 Å². The van der Waals surface area contributed by atoms with E-state index in [0.717, 1.165) is 6.07 Å². The fraction of sp³-hybridized carbons (Fsp3) is 0.125. The van der Waals surface area contributed by atoms with Crippen LogP contribution in [0.15, 0.2) is 16.6 Å². The summed E-state index contributed by atoms with van der Waals surface area (Å²) in [6.45, 7) is 1.59. The van der Waals surface area contributed by atoms with E-state index in [0.29, 0.717) is 10.0 Å². The Morgan fingerprint density at radius 2 is 2.14 bits per heavy atom. The number of nitrogens with zero attached hydrogens (tertiary/aromatic N) is 1. The predicted octanol–water partition coefficient (Wildman–Crippen LogP) is 3.04. The molecule has 0 aromatic heterocycles. The molecule has 4 nitrogen and oxygen atoms in total. The van der Waals surface area contributed by atoms with Crippen molar-refractivity contribution in [2.75, 3.05) is 0 Å². The largest absolute Gasteiger partial charge is 0.276 e. The SMILES string of the molecule is Cc1c(Br)cc(C(=O)Cl)cc1[N+](=O)[O-]. The van der Waals surface area contributed by atoms with Crippen molar-refractivity contribution in [1.29, 1.82) is 0 Å². The van der Waals surface area contributed by atoms with Gasteiger partial charge in [0.05, 0.1) is 4.92 Å². The molecular formula is C8H5BrClNO3. The van der Waals surface area contributed by atoms with Crippen LogP contribution in [0.3, 0.4) is 0 Å². The third-order valence-corrected chi connectivity index (χ3v) is 2.78. The maximum atomic E-state index is 10.8. The van der Waals surface area contributed by atoms with Crippen molar-refractivity contribution >= 4 is 38.5 Å². The molecular weight excluding hydrogens is 273 g/mol. The molecule has 0 unspecified atom stereocenters. The predicted molar refractivity (Wildman–Crippen MR) is 55.7 cm³/mol. The lowest BCUT2D eigenvalue weighted by Gasteiger charge is -2.01. The molecule has 14 heavy (non-hydrogen) atoms. The van der Waals surface area contributed by atoms with E-state index in [1.165, 1.54) is 6.07 Å². The van der Waals surface area contributed by atoms with Crippen LogP contribution in [0.5, 0.6) is 0 Å². The van der Waals surface area contributed by atoms with Crippen LogP contribution in [0.4, 0.5) is 5.69 Å². The molecule has 1 rings (SSSR count). The van der Waals surface area contributed by atoms with E-state index >= 15 is 0 Å². The average Bonchev–Trinajstić information content (AvgIpc) is 2.08. The minimum atomic E-state index is -0.714. The Morgan fingerprint density at radius 3 is 2.57 bits per heavy atom. The van der Waals surface area contributed by atoms with Crippen LogP contribution in [0.25, 0.3) is 0 Å². The summed E-state index contributed by atoms with van der Waals surface area (Å²) in [7, 11) is 0. The molecule has 1 aromatic rings. The molecule has 0 N–H and O–H groups in total. The van der Waals surface area contributed by atoms with Crippen molar-refractivity contribution in [3.05, 3.63) is 37.8 Å². The van der Waals surface area contributed by atoms with Crippen LogP contribution >= 0.6 is 27.5 Å². The zero-order valence-electron chi connectivity index (χ0n) is 7.08. The van der Waals surface area contributed by atoms with Gasteiger partial charge < -0.3 is 0 Å². The standard InChI is InChI=1S/C8H5BrClNO3/c1-4-6(9)2-5(8(10)12)3-7(4)11(13)14/h2-3H,1H3. The van der Waals surface area contributed by atoms with E-state index in [4.69, 9.17) is 11.6 Å². The normalized spacial score (nSPS) is 9.93. The molecule has 0 bridgehead atoms.